The van der Waals surface area contributed by atoms with Gasteiger partial charge >= 0.3 is 0 Å². The Morgan fingerprint density at radius 2 is 1.44 bits per heavy atom. The first kappa shape index (κ1) is 10.6. The Morgan fingerprint density at radius 1 is 0.875 bits per heavy atom. The third kappa shape index (κ3) is 2.16. The van der Waals surface area contributed by atoms with Gasteiger partial charge in [0.25, 0.3) is 0 Å². The molecule has 0 radical (unpaired) electrons. The molecule has 0 saturated heterocycles. The lowest BCUT2D eigenvalue weighted by molar-refractivity contribution is 0.442. The van der Waals surface area contributed by atoms with Crippen LogP contribution in [0.5, 0.6) is 11.5 Å². The van der Waals surface area contributed by atoms with E-state index in [1.807, 2.05) is 30.3 Å². The molecular formula is C14H14O2. The van der Waals surface area contributed by atoms with Gasteiger partial charge in [-0.15, -0.1) is 0 Å². The second kappa shape index (κ2) is 4.27. The van der Waals surface area contributed by atoms with Gasteiger partial charge in [-0.05, 0) is 36.6 Å². The maximum absolute atomic E-state index is 9.60. The molecule has 82 valence electrons. The lowest BCUT2D eigenvalue weighted by Gasteiger charge is -2.07. The number of phenolic OH excluding ortho intramolecular Hbond substituents is 2. The Balaban J connectivity index is 2.29. The Kier molecular flexibility index (Phi) is 2.82. The fourth-order valence-electron chi connectivity index (χ4n) is 1.67. The molecule has 2 heteroatoms. The van der Waals surface area contributed by atoms with E-state index in [-0.39, 0.29) is 11.5 Å². The summed E-state index contributed by atoms with van der Waals surface area (Å²) in [6, 6.07) is 13.4. The number of hydrogen-bond donors (Lipinski definition) is 2. The summed E-state index contributed by atoms with van der Waals surface area (Å²) in [6.45, 7) is 1.69. The summed E-state index contributed by atoms with van der Waals surface area (Å²) in [7, 11) is 0. The highest BCUT2D eigenvalue weighted by Gasteiger charge is 2.05. The fraction of sp³-hybridized carbons (Fsp3) is 0.143. The minimum Gasteiger partial charge on any atom is -0.508 e. The summed E-state index contributed by atoms with van der Waals surface area (Å²) in [5.41, 5.74) is 2.59. The molecule has 0 saturated carbocycles. The Labute approximate surface area is 94.8 Å². The van der Waals surface area contributed by atoms with Gasteiger partial charge in [0.15, 0.2) is 0 Å². The Morgan fingerprint density at radius 3 is 2.00 bits per heavy atom. The molecule has 2 aromatic carbocycles. The van der Waals surface area contributed by atoms with Gasteiger partial charge in [0, 0.05) is 5.56 Å². The van der Waals surface area contributed by atoms with Crippen molar-refractivity contribution < 1.29 is 10.2 Å². The molecule has 2 aromatic rings. The molecule has 0 fully saturated rings. The molecule has 2 nitrogen and oxygen atoms in total. The summed E-state index contributed by atoms with van der Waals surface area (Å²) in [5.74, 6) is 0.289. The van der Waals surface area contributed by atoms with Gasteiger partial charge in [0.05, 0.1) is 0 Å². The van der Waals surface area contributed by atoms with Crippen LogP contribution in [0.15, 0.2) is 42.5 Å². The van der Waals surface area contributed by atoms with Crippen LogP contribution in [0.4, 0.5) is 0 Å². The summed E-state index contributed by atoms with van der Waals surface area (Å²) < 4.78 is 0. The van der Waals surface area contributed by atoms with Gasteiger partial charge in [0.2, 0.25) is 0 Å². The van der Waals surface area contributed by atoms with E-state index >= 15 is 0 Å². The van der Waals surface area contributed by atoms with Crippen molar-refractivity contribution in [1.29, 1.82) is 0 Å². The number of benzene rings is 2. The van der Waals surface area contributed by atoms with Gasteiger partial charge in [0.1, 0.15) is 11.5 Å². The number of phenols is 2. The van der Waals surface area contributed by atoms with E-state index in [2.05, 4.69) is 0 Å². The topological polar surface area (TPSA) is 40.5 Å². The molecule has 0 aliphatic rings. The molecule has 16 heavy (non-hydrogen) atoms. The first-order valence-electron chi connectivity index (χ1n) is 5.22. The molecule has 0 unspecified atom stereocenters. The molecule has 0 spiro atoms. The van der Waals surface area contributed by atoms with E-state index in [0.717, 1.165) is 11.1 Å². The molecular weight excluding hydrogens is 200 g/mol. The summed E-state index contributed by atoms with van der Waals surface area (Å²) in [5, 5.41) is 19.2. The van der Waals surface area contributed by atoms with Gasteiger partial charge in [-0.3, -0.25) is 0 Å². The number of hydrogen-bond acceptors (Lipinski definition) is 2. The lowest BCUT2D eigenvalue weighted by Crippen LogP contribution is -1.89. The standard InChI is InChI=1S/C14H14O2/c1-10-13(15)8-12(9-14(10)16)7-11-5-3-2-4-6-11/h2-6,8-9,15-16H,7H2,1H3. The maximum atomic E-state index is 9.60. The average Bonchev–Trinajstić information content (AvgIpc) is 2.27. The minimum atomic E-state index is 0.144. The van der Waals surface area contributed by atoms with Crippen molar-refractivity contribution in [1.82, 2.24) is 0 Å². The normalized spacial score (nSPS) is 10.3. The molecule has 2 rings (SSSR count). The fourth-order valence-corrected chi connectivity index (χ4v) is 1.67. The molecule has 0 bridgehead atoms. The van der Waals surface area contributed by atoms with Crippen LogP contribution in [0, 0.1) is 6.92 Å². The van der Waals surface area contributed by atoms with Gasteiger partial charge < -0.3 is 10.2 Å². The van der Waals surface area contributed by atoms with Crippen LogP contribution in [0.3, 0.4) is 0 Å². The van der Waals surface area contributed by atoms with Crippen LogP contribution in [0.2, 0.25) is 0 Å². The zero-order valence-corrected chi connectivity index (χ0v) is 9.14. The molecule has 0 aliphatic heterocycles. The van der Waals surface area contributed by atoms with Crippen molar-refractivity contribution in [3.05, 3.63) is 59.2 Å². The zero-order chi connectivity index (χ0) is 11.5. The van der Waals surface area contributed by atoms with Crippen molar-refractivity contribution in [3.63, 3.8) is 0 Å². The second-order valence-electron chi connectivity index (χ2n) is 3.92. The smallest absolute Gasteiger partial charge is 0.122 e. The number of aromatic hydroxyl groups is 2. The van der Waals surface area contributed by atoms with Crippen LogP contribution in [-0.4, -0.2) is 10.2 Å². The highest BCUT2D eigenvalue weighted by molar-refractivity contribution is 5.46. The van der Waals surface area contributed by atoms with E-state index in [1.165, 1.54) is 0 Å². The minimum absolute atomic E-state index is 0.144. The predicted octanol–water partition coefficient (Wildman–Crippen LogP) is 3.00. The van der Waals surface area contributed by atoms with E-state index < -0.39 is 0 Å². The summed E-state index contributed by atoms with van der Waals surface area (Å²) in [4.78, 5) is 0. The molecule has 0 heterocycles. The van der Waals surface area contributed by atoms with E-state index in [0.29, 0.717) is 12.0 Å². The third-order valence-corrected chi connectivity index (χ3v) is 2.66. The summed E-state index contributed by atoms with van der Waals surface area (Å²) in [6.07, 6.45) is 0.711. The zero-order valence-electron chi connectivity index (χ0n) is 9.14. The van der Waals surface area contributed by atoms with Crippen LogP contribution >= 0.6 is 0 Å². The van der Waals surface area contributed by atoms with Gasteiger partial charge in [-0.2, -0.15) is 0 Å². The Bertz CT molecular complexity index is 466. The first-order valence-corrected chi connectivity index (χ1v) is 5.22. The lowest BCUT2D eigenvalue weighted by atomic mass is 10.0. The highest BCUT2D eigenvalue weighted by atomic mass is 16.3. The monoisotopic (exact) mass is 214 g/mol. The SMILES string of the molecule is Cc1c(O)cc(Cc2ccccc2)cc1O. The van der Waals surface area contributed by atoms with Crippen molar-refractivity contribution in [2.75, 3.05) is 0 Å². The van der Waals surface area contributed by atoms with Crippen LogP contribution < -0.4 is 0 Å². The van der Waals surface area contributed by atoms with E-state index in [1.54, 1.807) is 19.1 Å². The maximum Gasteiger partial charge on any atom is 0.122 e. The Hall–Kier alpha value is -1.96. The largest absolute Gasteiger partial charge is 0.508 e. The molecule has 2 N–H and O–H groups in total. The van der Waals surface area contributed by atoms with Crippen LogP contribution in [-0.2, 0) is 6.42 Å². The van der Waals surface area contributed by atoms with Gasteiger partial charge in [-0.1, -0.05) is 30.3 Å². The molecule has 0 aromatic heterocycles. The summed E-state index contributed by atoms with van der Waals surface area (Å²) >= 11 is 0. The van der Waals surface area contributed by atoms with Crippen molar-refractivity contribution >= 4 is 0 Å². The first-order chi connectivity index (χ1) is 7.66. The van der Waals surface area contributed by atoms with E-state index in [9.17, 15) is 10.2 Å². The van der Waals surface area contributed by atoms with Crippen molar-refractivity contribution in [2.24, 2.45) is 0 Å². The molecule has 0 amide bonds. The van der Waals surface area contributed by atoms with Crippen molar-refractivity contribution in [2.45, 2.75) is 13.3 Å². The predicted molar refractivity (Wildman–Crippen MR) is 63.8 cm³/mol. The molecule has 0 aliphatic carbocycles. The molecule has 0 atom stereocenters. The third-order valence-electron chi connectivity index (χ3n) is 2.66. The van der Waals surface area contributed by atoms with Crippen molar-refractivity contribution in [3.8, 4) is 11.5 Å². The highest BCUT2D eigenvalue weighted by Crippen LogP contribution is 2.28. The average molecular weight is 214 g/mol. The quantitative estimate of drug-likeness (QED) is 0.806. The van der Waals surface area contributed by atoms with E-state index in [4.69, 9.17) is 0 Å². The van der Waals surface area contributed by atoms with Crippen LogP contribution in [0.25, 0.3) is 0 Å². The van der Waals surface area contributed by atoms with Gasteiger partial charge in [-0.25, -0.2) is 0 Å². The number of rotatable bonds is 2. The van der Waals surface area contributed by atoms with Crippen LogP contribution in [0.1, 0.15) is 16.7 Å². The second-order valence-corrected chi connectivity index (χ2v) is 3.92.